The SMILES string of the molecule is Cc1ccccc1N1C(=O)/C(=C/c2ccc(OC(C)C)c(Cl)c2)C(=O)NC1=S. The molecule has 1 aliphatic heterocycles. The van der Waals surface area contributed by atoms with Crippen LogP contribution in [-0.2, 0) is 9.59 Å². The number of benzene rings is 2. The van der Waals surface area contributed by atoms with E-state index in [0.717, 1.165) is 5.56 Å². The van der Waals surface area contributed by atoms with Crippen LogP contribution >= 0.6 is 23.8 Å². The van der Waals surface area contributed by atoms with E-state index in [0.29, 0.717) is 22.0 Å². The zero-order valence-electron chi connectivity index (χ0n) is 15.7. The Morgan fingerprint density at radius 3 is 2.54 bits per heavy atom. The third-order valence-corrected chi connectivity index (χ3v) is 4.67. The molecule has 7 heteroatoms. The van der Waals surface area contributed by atoms with Gasteiger partial charge in [-0.25, -0.2) is 0 Å². The molecular formula is C21H19ClN2O3S. The van der Waals surface area contributed by atoms with Crippen LogP contribution in [0.25, 0.3) is 6.08 Å². The third-order valence-electron chi connectivity index (χ3n) is 4.09. The lowest BCUT2D eigenvalue weighted by atomic mass is 10.1. The molecule has 0 radical (unpaired) electrons. The molecule has 1 heterocycles. The summed E-state index contributed by atoms with van der Waals surface area (Å²) in [6.07, 6.45) is 1.48. The van der Waals surface area contributed by atoms with Crippen LogP contribution in [-0.4, -0.2) is 23.0 Å². The first kappa shape index (κ1) is 20.0. The molecule has 2 aromatic carbocycles. The highest BCUT2D eigenvalue weighted by Crippen LogP contribution is 2.29. The summed E-state index contributed by atoms with van der Waals surface area (Å²) in [4.78, 5) is 26.8. The number of hydrogen-bond donors (Lipinski definition) is 1. The summed E-state index contributed by atoms with van der Waals surface area (Å²) in [6.45, 7) is 5.68. The van der Waals surface area contributed by atoms with Crippen LogP contribution in [0.5, 0.6) is 5.75 Å². The molecule has 144 valence electrons. The molecule has 1 saturated heterocycles. The Kier molecular flexibility index (Phi) is 5.82. The highest BCUT2D eigenvalue weighted by molar-refractivity contribution is 7.80. The predicted molar refractivity (Wildman–Crippen MR) is 115 cm³/mol. The summed E-state index contributed by atoms with van der Waals surface area (Å²) in [5, 5.41) is 3.04. The molecule has 28 heavy (non-hydrogen) atoms. The number of aryl methyl sites for hydroxylation is 1. The van der Waals surface area contributed by atoms with Gasteiger partial charge in [0, 0.05) is 0 Å². The Morgan fingerprint density at radius 1 is 1.18 bits per heavy atom. The van der Waals surface area contributed by atoms with Gasteiger partial charge in [0.2, 0.25) is 0 Å². The Bertz CT molecular complexity index is 1000. The van der Waals surface area contributed by atoms with Gasteiger partial charge in [0.15, 0.2) is 5.11 Å². The van der Waals surface area contributed by atoms with Crippen LogP contribution < -0.4 is 15.0 Å². The van der Waals surface area contributed by atoms with E-state index in [1.54, 1.807) is 24.3 Å². The molecule has 2 amide bonds. The van der Waals surface area contributed by atoms with E-state index in [9.17, 15) is 9.59 Å². The lowest BCUT2D eigenvalue weighted by Crippen LogP contribution is -2.54. The molecule has 0 unspecified atom stereocenters. The zero-order chi connectivity index (χ0) is 20.4. The van der Waals surface area contributed by atoms with Gasteiger partial charge in [-0.1, -0.05) is 35.9 Å². The molecular weight excluding hydrogens is 396 g/mol. The van der Waals surface area contributed by atoms with Crippen molar-refractivity contribution < 1.29 is 14.3 Å². The monoisotopic (exact) mass is 414 g/mol. The summed E-state index contributed by atoms with van der Waals surface area (Å²) in [5.41, 5.74) is 2.08. The van der Waals surface area contributed by atoms with Gasteiger partial charge in [-0.3, -0.25) is 19.8 Å². The lowest BCUT2D eigenvalue weighted by molar-refractivity contribution is -0.122. The Hall–Kier alpha value is -2.70. The van der Waals surface area contributed by atoms with E-state index in [-0.39, 0.29) is 16.8 Å². The van der Waals surface area contributed by atoms with Crippen LogP contribution in [0.4, 0.5) is 5.69 Å². The molecule has 0 saturated carbocycles. The topological polar surface area (TPSA) is 58.6 Å². The van der Waals surface area contributed by atoms with Crippen molar-refractivity contribution in [2.24, 2.45) is 0 Å². The predicted octanol–water partition coefficient (Wildman–Crippen LogP) is 4.27. The van der Waals surface area contributed by atoms with Gasteiger partial charge in [0.05, 0.1) is 16.8 Å². The van der Waals surface area contributed by atoms with Crippen molar-refractivity contribution in [3.05, 3.63) is 64.2 Å². The van der Waals surface area contributed by atoms with Crippen molar-refractivity contribution in [3.8, 4) is 5.75 Å². The number of para-hydroxylation sites is 1. The number of ether oxygens (including phenoxy) is 1. The maximum absolute atomic E-state index is 13.1. The van der Waals surface area contributed by atoms with E-state index >= 15 is 0 Å². The molecule has 1 fully saturated rings. The van der Waals surface area contributed by atoms with E-state index < -0.39 is 11.8 Å². The molecule has 2 aromatic rings. The number of carbonyl (C=O) groups excluding carboxylic acids is 2. The van der Waals surface area contributed by atoms with Crippen LogP contribution in [0.2, 0.25) is 5.02 Å². The maximum Gasteiger partial charge on any atom is 0.270 e. The second-order valence-corrected chi connectivity index (χ2v) is 7.39. The molecule has 1 aliphatic rings. The van der Waals surface area contributed by atoms with Gasteiger partial charge in [-0.2, -0.15) is 0 Å². The van der Waals surface area contributed by atoms with Crippen molar-refractivity contribution in [2.45, 2.75) is 26.9 Å². The normalized spacial score (nSPS) is 16.0. The average Bonchev–Trinajstić information content (AvgIpc) is 2.62. The second kappa shape index (κ2) is 8.12. The number of nitrogens with zero attached hydrogens (tertiary/aromatic N) is 1. The van der Waals surface area contributed by atoms with Crippen molar-refractivity contribution in [1.82, 2.24) is 5.32 Å². The summed E-state index contributed by atoms with van der Waals surface area (Å²) in [5.74, 6) is -0.485. The minimum absolute atomic E-state index is 0.0175. The summed E-state index contributed by atoms with van der Waals surface area (Å²) >= 11 is 11.5. The quantitative estimate of drug-likeness (QED) is 0.461. The van der Waals surface area contributed by atoms with Crippen LogP contribution in [0.1, 0.15) is 25.0 Å². The molecule has 0 aliphatic carbocycles. The third kappa shape index (κ3) is 4.08. The molecule has 5 nitrogen and oxygen atoms in total. The van der Waals surface area contributed by atoms with Crippen molar-refractivity contribution in [2.75, 3.05) is 4.90 Å². The Balaban J connectivity index is 1.98. The molecule has 0 spiro atoms. The number of nitrogens with one attached hydrogen (secondary N) is 1. The molecule has 1 N–H and O–H groups in total. The maximum atomic E-state index is 13.1. The standard InChI is InChI=1S/C21H19ClN2O3S/c1-12(2)27-18-9-8-14(11-16(18)22)10-15-19(25)23-21(28)24(20(15)26)17-7-5-4-6-13(17)3/h4-12H,1-3H3,(H,23,25,28)/b15-10+. The van der Waals surface area contributed by atoms with Crippen molar-refractivity contribution in [1.29, 1.82) is 0 Å². The molecule has 0 atom stereocenters. The number of amides is 2. The number of halogens is 1. The Morgan fingerprint density at radius 2 is 1.89 bits per heavy atom. The number of carbonyl (C=O) groups is 2. The number of rotatable bonds is 4. The van der Waals surface area contributed by atoms with Gasteiger partial charge in [0.1, 0.15) is 11.3 Å². The van der Waals surface area contributed by atoms with Crippen LogP contribution in [0.3, 0.4) is 0 Å². The number of thiocarbonyl (C=S) groups is 1. The first-order chi connectivity index (χ1) is 13.3. The highest BCUT2D eigenvalue weighted by Gasteiger charge is 2.35. The zero-order valence-corrected chi connectivity index (χ0v) is 17.2. The summed E-state index contributed by atoms with van der Waals surface area (Å²) < 4.78 is 5.61. The van der Waals surface area contributed by atoms with Gasteiger partial charge in [0.25, 0.3) is 11.8 Å². The van der Waals surface area contributed by atoms with Crippen LogP contribution in [0.15, 0.2) is 48.0 Å². The van der Waals surface area contributed by atoms with E-state index in [1.165, 1.54) is 11.0 Å². The van der Waals surface area contributed by atoms with E-state index in [4.69, 9.17) is 28.6 Å². The fourth-order valence-corrected chi connectivity index (χ4v) is 3.32. The number of anilines is 1. The van der Waals surface area contributed by atoms with E-state index in [1.807, 2.05) is 39.0 Å². The minimum atomic E-state index is -0.543. The van der Waals surface area contributed by atoms with Crippen molar-refractivity contribution in [3.63, 3.8) is 0 Å². The summed E-state index contributed by atoms with van der Waals surface area (Å²) in [6, 6.07) is 12.4. The largest absolute Gasteiger partial charge is 0.489 e. The molecule has 3 rings (SSSR count). The van der Waals surface area contributed by atoms with Gasteiger partial charge in [-0.15, -0.1) is 0 Å². The van der Waals surface area contributed by atoms with E-state index in [2.05, 4.69) is 5.32 Å². The molecule has 0 aromatic heterocycles. The van der Waals surface area contributed by atoms with Gasteiger partial charge < -0.3 is 4.74 Å². The fraction of sp³-hybridized carbons (Fsp3) is 0.190. The first-order valence-electron chi connectivity index (χ1n) is 8.71. The number of hydrogen-bond acceptors (Lipinski definition) is 4. The average molecular weight is 415 g/mol. The minimum Gasteiger partial charge on any atom is -0.489 e. The Labute approximate surface area is 173 Å². The summed E-state index contributed by atoms with van der Waals surface area (Å²) in [7, 11) is 0. The lowest BCUT2D eigenvalue weighted by Gasteiger charge is -2.30. The second-order valence-electron chi connectivity index (χ2n) is 6.60. The van der Waals surface area contributed by atoms with Crippen molar-refractivity contribution >= 4 is 52.5 Å². The van der Waals surface area contributed by atoms with Gasteiger partial charge >= 0.3 is 0 Å². The fourth-order valence-electron chi connectivity index (χ4n) is 2.81. The molecule has 0 bridgehead atoms. The smallest absolute Gasteiger partial charge is 0.270 e. The highest BCUT2D eigenvalue weighted by atomic mass is 35.5. The first-order valence-corrected chi connectivity index (χ1v) is 9.50. The van der Waals surface area contributed by atoms with Gasteiger partial charge in [-0.05, 0) is 68.4 Å². The van der Waals surface area contributed by atoms with Crippen LogP contribution in [0, 0.1) is 6.92 Å².